The lowest BCUT2D eigenvalue weighted by Gasteiger charge is -2.22. The third-order valence-electron chi connectivity index (χ3n) is 4.01. The number of benzene rings is 1. The lowest BCUT2D eigenvalue weighted by atomic mass is 10.1. The van der Waals surface area contributed by atoms with Crippen LogP contribution < -0.4 is 5.32 Å². The van der Waals surface area contributed by atoms with Gasteiger partial charge in [0.15, 0.2) is 5.96 Å². The number of likely N-dealkylation sites (N-methyl/N-ethyl adjacent to an activating group) is 1. The highest BCUT2D eigenvalue weighted by molar-refractivity contribution is 14.0. The van der Waals surface area contributed by atoms with E-state index in [4.69, 9.17) is 4.74 Å². The number of nitrogens with zero attached hydrogens (tertiary/aromatic N) is 2. The topological polar surface area (TPSA) is 57.1 Å². The zero-order valence-electron chi connectivity index (χ0n) is 14.7. The molecule has 1 aromatic rings. The maximum atomic E-state index is 9.40. The Hall–Kier alpha value is -0.860. The Morgan fingerprint density at radius 3 is 2.67 bits per heavy atom. The summed E-state index contributed by atoms with van der Waals surface area (Å²) in [4.78, 5) is 6.78. The van der Waals surface area contributed by atoms with E-state index in [0.29, 0.717) is 6.54 Å². The minimum atomic E-state index is 0. The molecule has 1 aliphatic rings. The summed E-state index contributed by atoms with van der Waals surface area (Å²) in [6.07, 6.45) is 2.65. The van der Waals surface area contributed by atoms with Crippen LogP contribution >= 0.6 is 24.0 Å². The molecule has 136 valence electrons. The van der Waals surface area contributed by atoms with Gasteiger partial charge in [-0.25, -0.2) is 4.99 Å². The molecule has 2 N–H and O–H groups in total. The average Bonchev–Trinajstić information content (AvgIpc) is 3.39. The molecule has 0 heterocycles. The number of hydrogen-bond acceptors (Lipinski definition) is 3. The largest absolute Gasteiger partial charge is 0.392 e. The molecular formula is C18H30IN3O2. The van der Waals surface area contributed by atoms with Crippen LogP contribution in [0, 0.1) is 5.92 Å². The van der Waals surface area contributed by atoms with E-state index in [-0.39, 0.29) is 30.6 Å². The Morgan fingerprint density at radius 1 is 1.33 bits per heavy atom. The van der Waals surface area contributed by atoms with Crippen molar-refractivity contribution in [3.8, 4) is 0 Å². The van der Waals surface area contributed by atoms with Crippen LogP contribution in [0.15, 0.2) is 29.3 Å². The highest BCUT2D eigenvalue weighted by Crippen LogP contribution is 2.28. The van der Waals surface area contributed by atoms with Gasteiger partial charge < -0.3 is 20.1 Å². The highest BCUT2D eigenvalue weighted by atomic mass is 127. The molecule has 2 rings (SSSR count). The molecule has 0 aromatic heterocycles. The Balaban J connectivity index is 0.00000288. The molecule has 0 aliphatic heterocycles. The third kappa shape index (κ3) is 7.36. The van der Waals surface area contributed by atoms with Gasteiger partial charge in [-0.05, 0) is 36.8 Å². The van der Waals surface area contributed by atoms with Gasteiger partial charge in [0.25, 0.3) is 0 Å². The van der Waals surface area contributed by atoms with Crippen molar-refractivity contribution in [2.75, 3.05) is 33.4 Å². The van der Waals surface area contributed by atoms with Crippen molar-refractivity contribution in [3.63, 3.8) is 0 Å². The summed E-state index contributed by atoms with van der Waals surface area (Å²) in [5, 5.41) is 12.7. The molecule has 0 bridgehead atoms. The summed E-state index contributed by atoms with van der Waals surface area (Å²) in [6, 6.07) is 7.87. The number of ether oxygens (including phenoxy) is 1. The van der Waals surface area contributed by atoms with Gasteiger partial charge in [0, 0.05) is 26.7 Å². The molecular weight excluding hydrogens is 417 g/mol. The summed E-state index contributed by atoms with van der Waals surface area (Å²) < 4.78 is 5.70. The first kappa shape index (κ1) is 21.2. The van der Waals surface area contributed by atoms with Gasteiger partial charge in [-0.1, -0.05) is 24.3 Å². The monoisotopic (exact) mass is 447 g/mol. The molecule has 5 nitrogen and oxygen atoms in total. The molecule has 24 heavy (non-hydrogen) atoms. The first-order valence-corrected chi connectivity index (χ1v) is 8.49. The van der Waals surface area contributed by atoms with Gasteiger partial charge in [-0.2, -0.15) is 0 Å². The Kier molecular flexibility index (Phi) is 10.3. The molecule has 0 saturated heterocycles. The molecule has 0 radical (unpaired) electrons. The lowest BCUT2D eigenvalue weighted by molar-refractivity contribution is 0.115. The second-order valence-electron chi connectivity index (χ2n) is 6.04. The maximum absolute atomic E-state index is 9.40. The lowest BCUT2D eigenvalue weighted by Crippen LogP contribution is -2.40. The summed E-state index contributed by atoms with van der Waals surface area (Å²) in [7, 11) is 2.03. The Bertz CT molecular complexity index is 507. The van der Waals surface area contributed by atoms with E-state index >= 15 is 0 Å². The van der Waals surface area contributed by atoms with Crippen LogP contribution in [-0.2, 0) is 17.9 Å². The summed E-state index contributed by atoms with van der Waals surface area (Å²) >= 11 is 0. The Morgan fingerprint density at radius 2 is 2.04 bits per heavy atom. The molecule has 0 atom stereocenters. The van der Waals surface area contributed by atoms with Gasteiger partial charge >= 0.3 is 0 Å². The van der Waals surface area contributed by atoms with E-state index in [2.05, 4.69) is 22.1 Å². The summed E-state index contributed by atoms with van der Waals surface area (Å²) in [6.45, 7) is 5.94. The average molecular weight is 447 g/mol. The zero-order valence-corrected chi connectivity index (χ0v) is 17.0. The highest BCUT2D eigenvalue weighted by Gasteiger charge is 2.21. The number of hydrogen-bond donors (Lipinski definition) is 2. The molecule has 1 aromatic carbocycles. The van der Waals surface area contributed by atoms with Gasteiger partial charge in [-0.3, -0.25) is 0 Å². The van der Waals surface area contributed by atoms with E-state index in [1.807, 2.05) is 31.3 Å². The summed E-state index contributed by atoms with van der Waals surface area (Å²) in [5.74, 6) is 1.67. The van der Waals surface area contributed by atoms with Crippen LogP contribution in [0.3, 0.4) is 0 Å². The fourth-order valence-electron chi connectivity index (χ4n) is 2.34. The minimum absolute atomic E-state index is 0. The quantitative estimate of drug-likeness (QED) is 0.265. The smallest absolute Gasteiger partial charge is 0.194 e. The van der Waals surface area contributed by atoms with Crippen LogP contribution in [0.1, 0.15) is 30.9 Å². The fourth-order valence-corrected chi connectivity index (χ4v) is 2.34. The molecule has 0 amide bonds. The van der Waals surface area contributed by atoms with Crippen molar-refractivity contribution in [1.29, 1.82) is 0 Å². The van der Waals surface area contributed by atoms with Crippen molar-refractivity contribution in [2.24, 2.45) is 10.9 Å². The standard InChI is InChI=1S/C18H29N3O2.HI/c1-3-19-18(21(2)10-11-23-14-15-8-9-15)20-12-16-6-4-5-7-17(16)13-22;/h4-7,15,22H,3,8-14H2,1-2H3,(H,19,20);1H. The van der Waals surface area contributed by atoms with Crippen molar-refractivity contribution in [1.82, 2.24) is 10.2 Å². The van der Waals surface area contributed by atoms with E-state index in [9.17, 15) is 5.11 Å². The summed E-state index contributed by atoms with van der Waals surface area (Å²) in [5.41, 5.74) is 1.99. The number of aliphatic hydroxyl groups is 1. The maximum Gasteiger partial charge on any atom is 0.194 e. The number of guanidine groups is 1. The predicted molar refractivity (Wildman–Crippen MR) is 109 cm³/mol. The normalized spacial score (nSPS) is 14.2. The minimum Gasteiger partial charge on any atom is -0.392 e. The second-order valence-corrected chi connectivity index (χ2v) is 6.04. The van der Waals surface area contributed by atoms with E-state index < -0.39 is 0 Å². The predicted octanol–water partition coefficient (Wildman–Crippen LogP) is 2.62. The number of rotatable bonds is 9. The second kappa shape index (κ2) is 11.7. The van der Waals surface area contributed by atoms with Gasteiger partial charge in [0.05, 0.1) is 19.8 Å². The number of aliphatic hydroxyl groups excluding tert-OH is 1. The number of nitrogens with one attached hydrogen (secondary N) is 1. The van der Waals surface area contributed by atoms with E-state index in [0.717, 1.165) is 49.3 Å². The molecule has 6 heteroatoms. The number of halogens is 1. The van der Waals surface area contributed by atoms with E-state index in [1.54, 1.807) is 0 Å². The van der Waals surface area contributed by atoms with Crippen LogP contribution in [0.25, 0.3) is 0 Å². The number of aliphatic imine (C=N–C) groups is 1. The van der Waals surface area contributed by atoms with Crippen molar-refractivity contribution >= 4 is 29.9 Å². The first-order chi connectivity index (χ1) is 11.2. The van der Waals surface area contributed by atoms with Crippen LogP contribution in [-0.4, -0.2) is 49.3 Å². The van der Waals surface area contributed by atoms with Gasteiger partial charge in [0.1, 0.15) is 0 Å². The molecule has 0 spiro atoms. The first-order valence-electron chi connectivity index (χ1n) is 8.49. The zero-order chi connectivity index (χ0) is 16.5. The Labute approximate surface area is 162 Å². The van der Waals surface area contributed by atoms with Gasteiger partial charge in [-0.15, -0.1) is 24.0 Å². The van der Waals surface area contributed by atoms with E-state index in [1.165, 1.54) is 12.8 Å². The van der Waals surface area contributed by atoms with Crippen molar-refractivity contribution in [3.05, 3.63) is 35.4 Å². The van der Waals surface area contributed by atoms with Crippen LogP contribution in [0.2, 0.25) is 0 Å². The van der Waals surface area contributed by atoms with Crippen LogP contribution in [0.4, 0.5) is 0 Å². The van der Waals surface area contributed by atoms with Crippen molar-refractivity contribution in [2.45, 2.75) is 32.9 Å². The molecule has 1 saturated carbocycles. The molecule has 1 aliphatic carbocycles. The SMILES string of the molecule is CCNC(=NCc1ccccc1CO)N(C)CCOCC1CC1.I. The van der Waals surface area contributed by atoms with Crippen molar-refractivity contribution < 1.29 is 9.84 Å². The van der Waals surface area contributed by atoms with Crippen LogP contribution in [0.5, 0.6) is 0 Å². The van der Waals surface area contributed by atoms with Gasteiger partial charge in [0.2, 0.25) is 0 Å². The third-order valence-corrected chi connectivity index (χ3v) is 4.01. The fraction of sp³-hybridized carbons (Fsp3) is 0.611. The molecule has 0 unspecified atom stereocenters. The molecule has 1 fully saturated rings.